The van der Waals surface area contributed by atoms with Gasteiger partial charge < -0.3 is 31.1 Å². The Morgan fingerprint density at radius 1 is 1.62 bits per heavy atom. The number of rotatable bonds is 4. The Kier molecular flexibility index (Phi) is 3.91. The molecule has 0 aromatic carbocycles. The molecular weight excluding hydrogens is 286 g/mol. The van der Waals surface area contributed by atoms with Crippen LogP contribution in [0.2, 0.25) is 0 Å². The van der Waals surface area contributed by atoms with Crippen molar-refractivity contribution in [2.24, 2.45) is 0 Å². The summed E-state index contributed by atoms with van der Waals surface area (Å²) in [6.45, 7) is 0.749. The lowest BCUT2D eigenvalue weighted by molar-refractivity contribution is -0.383. The van der Waals surface area contributed by atoms with Gasteiger partial charge in [-0.05, 0) is 6.92 Å². The number of anilines is 2. The minimum absolute atomic E-state index is 0.258. The fraction of sp³-hybridized carbons (Fsp3) is 0.600. The Hall–Kier alpha value is -2.08. The zero-order chi connectivity index (χ0) is 15.8. The summed E-state index contributed by atoms with van der Waals surface area (Å²) < 4.78 is 5.23. The topological polar surface area (TPSA) is 177 Å². The number of aliphatic hydroxyl groups excluding tert-OH is 2. The Morgan fingerprint density at radius 2 is 2.29 bits per heavy atom. The number of nitrogens with zero attached hydrogens (tertiary/aromatic N) is 3. The monoisotopic (exact) mass is 301 g/mol. The molecule has 4 atom stereocenters. The van der Waals surface area contributed by atoms with Gasteiger partial charge in [-0.1, -0.05) is 0 Å². The molecule has 0 bridgehead atoms. The van der Waals surface area contributed by atoms with Crippen LogP contribution in [0.15, 0.2) is 6.33 Å². The van der Waals surface area contributed by atoms with Crippen LogP contribution in [-0.4, -0.2) is 60.9 Å². The molecule has 2 heterocycles. The maximum absolute atomic E-state index is 11.0. The highest BCUT2D eigenvalue weighted by atomic mass is 16.6. The Bertz CT molecular complexity index is 553. The number of hydrogen-bond donors (Lipinski definition) is 5. The lowest BCUT2D eigenvalue weighted by Gasteiger charge is -2.25. The fourth-order valence-corrected chi connectivity index (χ4v) is 2.04. The van der Waals surface area contributed by atoms with Crippen LogP contribution in [0.4, 0.5) is 17.3 Å². The fourth-order valence-electron chi connectivity index (χ4n) is 2.04. The highest BCUT2D eigenvalue weighted by Crippen LogP contribution is 2.33. The highest BCUT2D eigenvalue weighted by Gasteiger charge is 2.52. The molecule has 0 saturated carbocycles. The SMILES string of the molecule is CC1(O)C(CO)OC(Nc2ncnc(N)c2[N+](=O)[O-])C1O. The van der Waals surface area contributed by atoms with E-state index in [2.05, 4.69) is 15.3 Å². The predicted molar refractivity (Wildman–Crippen MR) is 69.1 cm³/mol. The molecule has 1 saturated heterocycles. The van der Waals surface area contributed by atoms with Crippen molar-refractivity contribution >= 4 is 17.3 Å². The van der Waals surface area contributed by atoms with E-state index < -0.39 is 41.3 Å². The van der Waals surface area contributed by atoms with Gasteiger partial charge in [0.15, 0.2) is 6.23 Å². The predicted octanol–water partition coefficient (Wildman–Crippen LogP) is -1.79. The van der Waals surface area contributed by atoms with Crippen molar-refractivity contribution in [3.05, 3.63) is 16.4 Å². The van der Waals surface area contributed by atoms with Crippen LogP contribution in [0, 0.1) is 10.1 Å². The molecule has 1 fully saturated rings. The molecule has 11 nitrogen and oxygen atoms in total. The smallest absolute Gasteiger partial charge is 0.353 e. The second-order valence-corrected chi connectivity index (χ2v) is 4.76. The lowest BCUT2D eigenvalue weighted by atomic mass is 9.95. The summed E-state index contributed by atoms with van der Waals surface area (Å²) in [5, 5.41) is 42.6. The zero-order valence-corrected chi connectivity index (χ0v) is 11.0. The van der Waals surface area contributed by atoms with Crippen LogP contribution in [0.3, 0.4) is 0 Å². The van der Waals surface area contributed by atoms with Gasteiger partial charge in [0.25, 0.3) is 0 Å². The van der Waals surface area contributed by atoms with Crippen LogP contribution in [0.1, 0.15) is 6.92 Å². The molecule has 116 valence electrons. The normalized spacial score (nSPS) is 32.1. The molecule has 0 amide bonds. The first-order valence-corrected chi connectivity index (χ1v) is 5.97. The van der Waals surface area contributed by atoms with Gasteiger partial charge in [-0.2, -0.15) is 0 Å². The molecule has 21 heavy (non-hydrogen) atoms. The van der Waals surface area contributed by atoms with Crippen molar-refractivity contribution in [1.82, 2.24) is 9.97 Å². The minimum atomic E-state index is -1.72. The maximum atomic E-state index is 11.0. The van der Waals surface area contributed by atoms with Gasteiger partial charge in [-0.3, -0.25) is 10.1 Å². The molecule has 1 aromatic rings. The van der Waals surface area contributed by atoms with Gasteiger partial charge in [0.2, 0.25) is 11.6 Å². The Balaban J connectivity index is 2.28. The summed E-state index contributed by atoms with van der Waals surface area (Å²) in [5.74, 6) is -0.610. The van der Waals surface area contributed by atoms with Crippen LogP contribution >= 0.6 is 0 Å². The average molecular weight is 301 g/mol. The van der Waals surface area contributed by atoms with E-state index in [1.54, 1.807) is 0 Å². The van der Waals surface area contributed by atoms with Crippen LogP contribution in [0.25, 0.3) is 0 Å². The van der Waals surface area contributed by atoms with E-state index in [0.29, 0.717) is 0 Å². The summed E-state index contributed by atoms with van der Waals surface area (Å²) in [6.07, 6.45) is -2.69. The van der Waals surface area contributed by atoms with Gasteiger partial charge in [-0.25, -0.2) is 9.97 Å². The van der Waals surface area contributed by atoms with Crippen LogP contribution in [0.5, 0.6) is 0 Å². The zero-order valence-electron chi connectivity index (χ0n) is 11.0. The molecule has 1 aliphatic heterocycles. The molecule has 1 aromatic heterocycles. The molecule has 6 N–H and O–H groups in total. The second kappa shape index (κ2) is 5.37. The number of nitrogens with two attached hydrogens (primary N) is 1. The molecular formula is C10H15N5O6. The van der Waals surface area contributed by atoms with E-state index >= 15 is 0 Å². The van der Waals surface area contributed by atoms with Gasteiger partial charge in [-0.15, -0.1) is 0 Å². The van der Waals surface area contributed by atoms with Crippen molar-refractivity contribution in [2.75, 3.05) is 17.7 Å². The van der Waals surface area contributed by atoms with E-state index in [-0.39, 0.29) is 11.6 Å². The number of nitro groups is 1. The Labute approximate surface area is 118 Å². The summed E-state index contributed by atoms with van der Waals surface area (Å²) in [4.78, 5) is 17.4. The van der Waals surface area contributed by atoms with E-state index in [1.165, 1.54) is 6.92 Å². The van der Waals surface area contributed by atoms with Gasteiger partial charge in [0.05, 0.1) is 11.5 Å². The first-order chi connectivity index (χ1) is 9.78. The molecule has 0 spiro atoms. The number of hydrogen-bond acceptors (Lipinski definition) is 10. The Morgan fingerprint density at radius 3 is 2.81 bits per heavy atom. The van der Waals surface area contributed by atoms with Crippen molar-refractivity contribution < 1.29 is 25.0 Å². The van der Waals surface area contributed by atoms with Crippen molar-refractivity contribution in [3.8, 4) is 0 Å². The third-order valence-electron chi connectivity index (χ3n) is 3.33. The summed E-state index contributed by atoms with van der Waals surface area (Å²) in [6, 6.07) is 0. The lowest BCUT2D eigenvalue weighted by Crippen LogP contribution is -2.47. The van der Waals surface area contributed by atoms with Gasteiger partial charge in [0.1, 0.15) is 24.1 Å². The molecule has 1 aliphatic rings. The maximum Gasteiger partial charge on any atom is 0.353 e. The third-order valence-corrected chi connectivity index (χ3v) is 3.33. The quantitative estimate of drug-likeness (QED) is 0.315. The molecule has 11 heteroatoms. The van der Waals surface area contributed by atoms with E-state index in [9.17, 15) is 20.3 Å². The number of nitrogens with one attached hydrogen (secondary N) is 1. The van der Waals surface area contributed by atoms with E-state index in [0.717, 1.165) is 6.33 Å². The van der Waals surface area contributed by atoms with Gasteiger partial charge in [0, 0.05) is 0 Å². The summed E-state index contributed by atoms with van der Waals surface area (Å²) >= 11 is 0. The number of aromatic nitrogens is 2. The molecule has 0 radical (unpaired) electrons. The first kappa shape index (κ1) is 15.3. The molecule has 0 aliphatic carbocycles. The highest BCUT2D eigenvalue weighted by molar-refractivity contribution is 5.67. The van der Waals surface area contributed by atoms with E-state index in [1.807, 2.05) is 0 Å². The van der Waals surface area contributed by atoms with Crippen LogP contribution < -0.4 is 11.1 Å². The van der Waals surface area contributed by atoms with E-state index in [4.69, 9.17) is 15.6 Å². The summed E-state index contributed by atoms with van der Waals surface area (Å²) in [7, 11) is 0. The standard InChI is InChI=1S/C10H15N5O6/c1-10(18)4(2-16)21-9(6(10)17)14-8-5(15(19)20)7(11)12-3-13-8/h3-4,6,9,16-18H,2H2,1H3,(H3,11,12,13,14). The van der Waals surface area contributed by atoms with Crippen molar-refractivity contribution in [2.45, 2.75) is 31.0 Å². The number of nitrogen functional groups attached to an aromatic ring is 1. The second-order valence-electron chi connectivity index (χ2n) is 4.76. The van der Waals surface area contributed by atoms with Crippen LogP contribution in [-0.2, 0) is 4.74 Å². The number of ether oxygens (including phenoxy) is 1. The largest absolute Gasteiger partial charge is 0.394 e. The van der Waals surface area contributed by atoms with Crippen molar-refractivity contribution in [1.29, 1.82) is 0 Å². The summed E-state index contributed by atoms with van der Waals surface area (Å²) in [5.41, 5.74) is 3.12. The van der Waals surface area contributed by atoms with Gasteiger partial charge >= 0.3 is 5.69 Å². The molecule has 2 rings (SSSR count). The third kappa shape index (κ3) is 2.58. The van der Waals surface area contributed by atoms with Crippen molar-refractivity contribution in [3.63, 3.8) is 0 Å². The molecule has 4 unspecified atom stereocenters. The first-order valence-electron chi connectivity index (χ1n) is 5.97. The minimum Gasteiger partial charge on any atom is -0.394 e. The number of aliphatic hydroxyl groups is 3. The average Bonchev–Trinajstić information content (AvgIpc) is 2.61.